The first-order valence-corrected chi connectivity index (χ1v) is 5.55. The van der Waals surface area contributed by atoms with Crippen LogP contribution < -0.4 is 11.5 Å². The van der Waals surface area contributed by atoms with Gasteiger partial charge in [-0.2, -0.15) is 0 Å². The van der Waals surface area contributed by atoms with Gasteiger partial charge in [-0.3, -0.25) is 4.99 Å². The molecule has 5 heteroatoms. The van der Waals surface area contributed by atoms with Gasteiger partial charge in [-0.25, -0.2) is 4.98 Å². The molecule has 5 nitrogen and oxygen atoms in total. The summed E-state index contributed by atoms with van der Waals surface area (Å²) >= 11 is 0. The molecule has 1 aromatic heterocycles. The molecule has 1 atom stereocenters. The molecule has 5 N–H and O–H groups in total. The van der Waals surface area contributed by atoms with Crippen molar-refractivity contribution in [2.24, 2.45) is 21.9 Å². The first-order valence-electron chi connectivity index (χ1n) is 5.55. The maximum absolute atomic E-state index is 6.12. The fourth-order valence-corrected chi connectivity index (χ4v) is 1.39. The third kappa shape index (κ3) is 3.17. The van der Waals surface area contributed by atoms with Crippen molar-refractivity contribution in [3.63, 3.8) is 0 Å². The Morgan fingerprint density at radius 2 is 2.18 bits per heavy atom. The predicted octanol–water partition coefficient (Wildman–Crippen LogP) is 1.46. The molecule has 0 amide bonds. The molecule has 0 unspecified atom stereocenters. The van der Waals surface area contributed by atoms with Gasteiger partial charge >= 0.3 is 0 Å². The minimum absolute atomic E-state index is 0.0411. The number of aliphatic imine (C=N–C) groups is 1. The number of imidazole rings is 1. The Morgan fingerprint density at radius 3 is 2.65 bits per heavy atom. The summed E-state index contributed by atoms with van der Waals surface area (Å²) < 4.78 is 0. The van der Waals surface area contributed by atoms with Crippen molar-refractivity contribution in [1.82, 2.24) is 9.97 Å². The Balaban J connectivity index is 3.00. The van der Waals surface area contributed by atoms with E-state index in [0.717, 1.165) is 17.1 Å². The second kappa shape index (κ2) is 5.14. The molecule has 0 aromatic carbocycles. The van der Waals surface area contributed by atoms with E-state index in [2.05, 4.69) is 35.7 Å². The van der Waals surface area contributed by atoms with Crippen LogP contribution in [0.15, 0.2) is 17.4 Å². The number of H-pyrrole nitrogens is 1. The summed E-state index contributed by atoms with van der Waals surface area (Å²) in [4.78, 5) is 11.4. The summed E-state index contributed by atoms with van der Waals surface area (Å²) in [5, 5.41) is 0. The van der Waals surface area contributed by atoms with Crippen LogP contribution >= 0.6 is 0 Å². The predicted molar refractivity (Wildman–Crippen MR) is 71.6 cm³/mol. The summed E-state index contributed by atoms with van der Waals surface area (Å²) in [7, 11) is 1.70. The van der Waals surface area contributed by atoms with E-state index < -0.39 is 0 Å². The Bertz CT molecular complexity index is 422. The lowest BCUT2D eigenvalue weighted by Crippen LogP contribution is -2.27. The largest absolute Gasteiger partial charge is 0.404 e. The molecular formula is C12H21N5. The van der Waals surface area contributed by atoms with Gasteiger partial charge in [0.05, 0.1) is 17.9 Å². The highest BCUT2D eigenvalue weighted by Gasteiger charge is 2.24. The van der Waals surface area contributed by atoms with Gasteiger partial charge in [0.25, 0.3) is 0 Å². The molecule has 1 aromatic rings. The molecule has 0 aliphatic carbocycles. The molecule has 1 rings (SSSR count). The highest BCUT2D eigenvalue weighted by molar-refractivity contribution is 6.08. The number of hydrogen-bond donors (Lipinski definition) is 3. The molecule has 0 fully saturated rings. The van der Waals surface area contributed by atoms with Gasteiger partial charge in [0.1, 0.15) is 5.82 Å². The fourth-order valence-electron chi connectivity index (χ4n) is 1.39. The van der Waals surface area contributed by atoms with Crippen LogP contribution in [-0.4, -0.2) is 23.2 Å². The number of nitrogens with zero attached hydrogens (tertiary/aromatic N) is 2. The topological polar surface area (TPSA) is 93.1 Å². The van der Waals surface area contributed by atoms with Crippen LogP contribution in [0.1, 0.15) is 38.3 Å². The Labute approximate surface area is 102 Å². The van der Waals surface area contributed by atoms with Crippen LogP contribution in [0.4, 0.5) is 0 Å². The quantitative estimate of drug-likeness (QED) is 0.692. The number of nitrogens with two attached hydrogens (primary N) is 2. The van der Waals surface area contributed by atoms with Gasteiger partial charge in [0.2, 0.25) is 0 Å². The van der Waals surface area contributed by atoms with Gasteiger partial charge in [0.15, 0.2) is 0 Å². The van der Waals surface area contributed by atoms with E-state index in [1.54, 1.807) is 19.5 Å². The summed E-state index contributed by atoms with van der Waals surface area (Å²) in [6.45, 7) is 6.23. The monoisotopic (exact) mass is 235 g/mol. The van der Waals surface area contributed by atoms with E-state index in [0.29, 0.717) is 0 Å². The van der Waals surface area contributed by atoms with E-state index >= 15 is 0 Å². The summed E-state index contributed by atoms with van der Waals surface area (Å²) in [5.74, 6) is 0.761. The van der Waals surface area contributed by atoms with E-state index in [4.69, 9.17) is 11.5 Å². The number of aromatic amines is 1. The fraction of sp³-hybridized carbons (Fsp3) is 0.500. The number of allylic oxidation sites excluding steroid dienone is 1. The van der Waals surface area contributed by atoms with Crippen LogP contribution in [0.2, 0.25) is 0 Å². The molecule has 17 heavy (non-hydrogen) atoms. The summed E-state index contributed by atoms with van der Waals surface area (Å²) in [6, 6.07) is -0.145. The van der Waals surface area contributed by atoms with Crippen LogP contribution in [0, 0.1) is 5.41 Å². The average molecular weight is 235 g/mol. The highest BCUT2D eigenvalue weighted by Crippen LogP contribution is 2.28. The average Bonchev–Trinajstić information content (AvgIpc) is 2.72. The number of nitrogens with one attached hydrogen (secondary N) is 1. The lowest BCUT2D eigenvalue weighted by molar-refractivity contribution is 0.316. The third-order valence-electron chi connectivity index (χ3n) is 2.58. The maximum atomic E-state index is 6.12. The van der Waals surface area contributed by atoms with Crippen molar-refractivity contribution in [1.29, 1.82) is 0 Å². The van der Waals surface area contributed by atoms with Gasteiger partial charge in [-0.1, -0.05) is 20.8 Å². The zero-order valence-electron chi connectivity index (χ0n) is 10.9. The maximum Gasteiger partial charge on any atom is 0.124 e. The standard InChI is InChI=1S/C12H21N5/c1-12(2,3)10(14)11-16-7-9(17-11)8(5-13)6-15-4/h5-7,10H,13-14H2,1-4H3,(H,16,17)/b8-5+,15-6?/t10-/m1/s1. The zero-order chi connectivity index (χ0) is 13.1. The molecule has 0 saturated carbocycles. The van der Waals surface area contributed by atoms with Crippen molar-refractivity contribution < 1.29 is 0 Å². The van der Waals surface area contributed by atoms with Crippen molar-refractivity contribution in [2.45, 2.75) is 26.8 Å². The number of rotatable bonds is 3. The van der Waals surface area contributed by atoms with E-state index in [1.165, 1.54) is 6.20 Å². The van der Waals surface area contributed by atoms with E-state index in [1.807, 2.05) is 0 Å². The lowest BCUT2D eigenvalue weighted by Gasteiger charge is -2.24. The van der Waals surface area contributed by atoms with Gasteiger partial charge in [0, 0.05) is 25.0 Å². The van der Waals surface area contributed by atoms with E-state index in [-0.39, 0.29) is 11.5 Å². The minimum atomic E-state index is -0.145. The van der Waals surface area contributed by atoms with Crippen LogP contribution in [0.5, 0.6) is 0 Å². The first-order chi connectivity index (χ1) is 7.90. The second-order valence-corrected chi connectivity index (χ2v) is 5.04. The van der Waals surface area contributed by atoms with Gasteiger partial charge in [-0.15, -0.1) is 0 Å². The van der Waals surface area contributed by atoms with Gasteiger partial charge in [-0.05, 0) is 5.41 Å². The highest BCUT2D eigenvalue weighted by atomic mass is 15.0. The Hall–Kier alpha value is -1.62. The normalized spacial score (nSPS) is 15.5. The Morgan fingerprint density at radius 1 is 1.53 bits per heavy atom. The molecule has 0 radical (unpaired) electrons. The van der Waals surface area contributed by atoms with Crippen LogP contribution in [-0.2, 0) is 0 Å². The van der Waals surface area contributed by atoms with Crippen molar-refractivity contribution >= 4 is 11.8 Å². The lowest BCUT2D eigenvalue weighted by atomic mass is 9.87. The summed E-state index contributed by atoms with van der Waals surface area (Å²) in [6.07, 6.45) is 4.90. The second-order valence-electron chi connectivity index (χ2n) is 5.04. The molecule has 0 spiro atoms. The molecule has 1 heterocycles. The molecule has 94 valence electrons. The van der Waals surface area contributed by atoms with Crippen molar-refractivity contribution in [2.75, 3.05) is 7.05 Å². The number of hydrogen-bond acceptors (Lipinski definition) is 4. The molecule has 0 saturated heterocycles. The van der Waals surface area contributed by atoms with Crippen molar-refractivity contribution in [3.05, 3.63) is 23.9 Å². The minimum Gasteiger partial charge on any atom is -0.404 e. The SMILES string of the molecule is CN=C/C(=C\N)c1cnc([C@@H](N)C(C)(C)C)[nH]1. The summed E-state index contributed by atoms with van der Waals surface area (Å²) in [5.41, 5.74) is 13.2. The zero-order valence-corrected chi connectivity index (χ0v) is 10.9. The van der Waals surface area contributed by atoms with Crippen molar-refractivity contribution in [3.8, 4) is 0 Å². The smallest absolute Gasteiger partial charge is 0.124 e. The van der Waals surface area contributed by atoms with Crippen LogP contribution in [0.3, 0.4) is 0 Å². The number of aromatic nitrogens is 2. The molecule has 0 bridgehead atoms. The Kier molecular flexibility index (Phi) is 4.07. The van der Waals surface area contributed by atoms with Crippen LogP contribution in [0.25, 0.3) is 5.57 Å². The molecular weight excluding hydrogens is 214 g/mol. The third-order valence-corrected chi connectivity index (χ3v) is 2.58. The van der Waals surface area contributed by atoms with E-state index in [9.17, 15) is 0 Å². The molecule has 0 aliphatic heterocycles. The van der Waals surface area contributed by atoms with Gasteiger partial charge < -0.3 is 16.5 Å². The molecule has 0 aliphatic rings. The first kappa shape index (κ1) is 13.4.